The highest BCUT2D eigenvalue weighted by Crippen LogP contribution is 2.19. The molecule has 0 aromatic carbocycles. The molecule has 0 bridgehead atoms. The molecule has 0 saturated carbocycles. The molecule has 0 saturated heterocycles. The van der Waals surface area contributed by atoms with E-state index in [0.717, 1.165) is 51.4 Å². The Hall–Kier alpha value is -1.06. The summed E-state index contributed by atoms with van der Waals surface area (Å²) >= 11 is 0. The summed E-state index contributed by atoms with van der Waals surface area (Å²) in [5.74, 6) is -0.292. The van der Waals surface area contributed by atoms with E-state index in [9.17, 15) is 9.59 Å². The van der Waals surface area contributed by atoms with Gasteiger partial charge in [-0.05, 0) is 19.3 Å². The van der Waals surface area contributed by atoms with Crippen LogP contribution in [-0.2, 0) is 9.59 Å². The average molecular weight is 369 g/mol. The first-order valence-corrected chi connectivity index (χ1v) is 11.2. The normalized spacial score (nSPS) is 12.2. The van der Waals surface area contributed by atoms with Gasteiger partial charge >= 0.3 is 0 Å². The van der Waals surface area contributed by atoms with Crippen molar-refractivity contribution in [3.8, 4) is 0 Å². The number of unbranched alkanes of at least 4 members (excludes halogenated alkanes) is 13. The van der Waals surface area contributed by atoms with Crippen LogP contribution in [0.3, 0.4) is 0 Å². The first kappa shape index (κ1) is 24.9. The van der Waals surface area contributed by atoms with E-state index in [4.69, 9.17) is 11.5 Å². The number of hydrogen-bond donors (Lipinski definition) is 2. The predicted molar refractivity (Wildman–Crippen MR) is 111 cm³/mol. The van der Waals surface area contributed by atoms with Gasteiger partial charge in [0.2, 0.25) is 11.8 Å². The third-order valence-corrected chi connectivity index (χ3v) is 5.28. The van der Waals surface area contributed by atoms with Crippen LogP contribution in [0.15, 0.2) is 0 Å². The molecular weight excluding hydrogens is 324 g/mol. The Labute approximate surface area is 161 Å². The molecule has 1 unspecified atom stereocenters. The Bertz CT molecular complexity index is 345. The molecule has 0 aliphatic carbocycles. The maximum atomic E-state index is 11.6. The van der Waals surface area contributed by atoms with Gasteiger partial charge in [-0.2, -0.15) is 0 Å². The Balaban J connectivity index is 3.50. The van der Waals surface area contributed by atoms with E-state index in [2.05, 4.69) is 6.92 Å². The van der Waals surface area contributed by atoms with Gasteiger partial charge in [0.1, 0.15) is 0 Å². The second kappa shape index (κ2) is 18.7. The van der Waals surface area contributed by atoms with Crippen LogP contribution >= 0.6 is 0 Å². The van der Waals surface area contributed by atoms with Crippen molar-refractivity contribution in [3.63, 3.8) is 0 Å². The fraction of sp³-hybridized carbons (Fsp3) is 0.909. The van der Waals surface area contributed by atoms with E-state index in [1.54, 1.807) is 0 Å². The van der Waals surface area contributed by atoms with Crippen LogP contribution in [-0.4, -0.2) is 11.8 Å². The zero-order chi connectivity index (χ0) is 19.5. The maximum absolute atomic E-state index is 11.6. The van der Waals surface area contributed by atoms with Gasteiger partial charge in [-0.15, -0.1) is 0 Å². The average Bonchev–Trinajstić information content (AvgIpc) is 2.60. The van der Waals surface area contributed by atoms with Gasteiger partial charge in [-0.3, -0.25) is 9.59 Å². The van der Waals surface area contributed by atoms with Gasteiger partial charge in [0.25, 0.3) is 0 Å². The zero-order valence-electron chi connectivity index (χ0n) is 17.3. The fourth-order valence-corrected chi connectivity index (χ4v) is 3.53. The van der Waals surface area contributed by atoms with Crippen molar-refractivity contribution >= 4 is 11.8 Å². The maximum Gasteiger partial charge on any atom is 0.220 e. The summed E-state index contributed by atoms with van der Waals surface area (Å²) in [6.07, 6.45) is 20.8. The minimum atomic E-state index is -0.213. The van der Waals surface area contributed by atoms with Crippen molar-refractivity contribution in [1.29, 1.82) is 0 Å². The molecule has 0 aromatic heterocycles. The molecule has 0 aliphatic heterocycles. The lowest BCUT2D eigenvalue weighted by Crippen LogP contribution is -2.23. The summed E-state index contributed by atoms with van der Waals surface area (Å²) in [5.41, 5.74) is 10.7. The number of nitrogens with two attached hydrogens (primary N) is 2. The van der Waals surface area contributed by atoms with Crippen LogP contribution in [0.2, 0.25) is 0 Å². The minimum Gasteiger partial charge on any atom is -0.370 e. The summed E-state index contributed by atoms with van der Waals surface area (Å²) < 4.78 is 0. The molecule has 4 N–H and O–H groups in total. The molecule has 0 aromatic rings. The summed E-state index contributed by atoms with van der Waals surface area (Å²) in [5, 5.41) is 0. The SMILES string of the molecule is CCCCCCCCCCCCC(CCCCCCCC(N)=O)C(N)=O. The third kappa shape index (κ3) is 17.8. The van der Waals surface area contributed by atoms with Gasteiger partial charge in [-0.1, -0.05) is 96.8 Å². The van der Waals surface area contributed by atoms with Crippen LogP contribution in [0.25, 0.3) is 0 Å². The summed E-state index contributed by atoms with van der Waals surface area (Å²) in [6.45, 7) is 2.26. The van der Waals surface area contributed by atoms with Gasteiger partial charge < -0.3 is 11.5 Å². The molecule has 0 heterocycles. The number of hydrogen-bond acceptors (Lipinski definition) is 2. The number of carbonyl (C=O) groups is 2. The molecule has 154 valence electrons. The van der Waals surface area contributed by atoms with Crippen molar-refractivity contribution in [2.24, 2.45) is 17.4 Å². The Morgan fingerprint density at radius 2 is 1.00 bits per heavy atom. The van der Waals surface area contributed by atoms with Gasteiger partial charge in [0.15, 0.2) is 0 Å². The quantitative estimate of drug-likeness (QED) is 0.273. The van der Waals surface area contributed by atoms with Crippen molar-refractivity contribution in [3.05, 3.63) is 0 Å². The Morgan fingerprint density at radius 1 is 0.615 bits per heavy atom. The van der Waals surface area contributed by atoms with Gasteiger partial charge in [-0.25, -0.2) is 0 Å². The van der Waals surface area contributed by atoms with Crippen molar-refractivity contribution in [2.75, 3.05) is 0 Å². The molecule has 0 rings (SSSR count). The van der Waals surface area contributed by atoms with E-state index >= 15 is 0 Å². The second-order valence-electron chi connectivity index (χ2n) is 7.84. The second-order valence-corrected chi connectivity index (χ2v) is 7.84. The predicted octanol–water partition coefficient (Wildman–Crippen LogP) is 5.61. The number of rotatable bonds is 20. The Morgan fingerprint density at radius 3 is 1.38 bits per heavy atom. The highest BCUT2D eigenvalue weighted by atomic mass is 16.1. The highest BCUT2D eigenvalue weighted by molar-refractivity contribution is 5.76. The number of amides is 2. The molecule has 4 nitrogen and oxygen atoms in total. The summed E-state index contributed by atoms with van der Waals surface area (Å²) in [7, 11) is 0. The van der Waals surface area contributed by atoms with E-state index < -0.39 is 0 Å². The van der Waals surface area contributed by atoms with Crippen LogP contribution in [0.4, 0.5) is 0 Å². The van der Waals surface area contributed by atoms with Crippen LogP contribution in [0, 0.1) is 5.92 Å². The van der Waals surface area contributed by atoms with E-state index in [1.807, 2.05) is 0 Å². The van der Waals surface area contributed by atoms with Crippen LogP contribution < -0.4 is 11.5 Å². The van der Waals surface area contributed by atoms with E-state index in [1.165, 1.54) is 57.8 Å². The standard InChI is InChI=1S/C22H44N2O2/c1-2-3-4-5-6-7-8-9-11-14-17-20(22(24)26)18-15-12-10-13-16-19-21(23)25/h20H,2-19H2,1H3,(H2,23,25)(H2,24,26). The van der Waals surface area contributed by atoms with Crippen molar-refractivity contribution in [2.45, 2.75) is 122 Å². The van der Waals surface area contributed by atoms with E-state index in [0.29, 0.717) is 6.42 Å². The van der Waals surface area contributed by atoms with E-state index in [-0.39, 0.29) is 17.7 Å². The van der Waals surface area contributed by atoms with Crippen LogP contribution in [0.5, 0.6) is 0 Å². The number of carbonyl (C=O) groups excluding carboxylic acids is 2. The largest absolute Gasteiger partial charge is 0.370 e. The van der Waals surface area contributed by atoms with Gasteiger partial charge in [0.05, 0.1) is 0 Å². The Kier molecular flexibility index (Phi) is 18.0. The smallest absolute Gasteiger partial charge is 0.220 e. The first-order valence-electron chi connectivity index (χ1n) is 11.2. The molecular formula is C22H44N2O2. The zero-order valence-corrected chi connectivity index (χ0v) is 17.3. The minimum absolute atomic E-state index is 0.0506. The number of primary amides is 2. The molecule has 4 heteroatoms. The molecule has 26 heavy (non-hydrogen) atoms. The molecule has 0 aliphatic rings. The molecule has 0 spiro atoms. The van der Waals surface area contributed by atoms with Crippen molar-refractivity contribution in [1.82, 2.24) is 0 Å². The van der Waals surface area contributed by atoms with Gasteiger partial charge in [0, 0.05) is 12.3 Å². The lowest BCUT2D eigenvalue weighted by atomic mass is 9.93. The molecule has 0 radical (unpaired) electrons. The monoisotopic (exact) mass is 368 g/mol. The summed E-state index contributed by atoms with van der Waals surface area (Å²) in [4.78, 5) is 22.3. The third-order valence-electron chi connectivity index (χ3n) is 5.28. The first-order chi connectivity index (χ1) is 12.6. The molecule has 2 amide bonds. The fourth-order valence-electron chi connectivity index (χ4n) is 3.53. The molecule has 0 fully saturated rings. The summed E-state index contributed by atoms with van der Waals surface area (Å²) in [6, 6.07) is 0. The topological polar surface area (TPSA) is 86.2 Å². The highest BCUT2D eigenvalue weighted by Gasteiger charge is 2.14. The van der Waals surface area contributed by atoms with Crippen molar-refractivity contribution < 1.29 is 9.59 Å². The molecule has 1 atom stereocenters. The van der Waals surface area contributed by atoms with Crippen LogP contribution in [0.1, 0.15) is 122 Å². The lowest BCUT2D eigenvalue weighted by Gasteiger charge is -2.13. The lowest BCUT2D eigenvalue weighted by molar-refractivity contribution is -0.122.